The Kier molecular flexibility index (Phi) is 9.75. The van der Waals surface area contributed by atoms with Crippen molar-refractivity contribution in [3.63, 3.8) is 0 Å². The minimum Gasteiger partial charge on any atom is -0.480 e. The fourth-order valence-electron chi connectivity index (χ4n) is 3.96. The van der Waals surface area contributed by atoms with Crippen molar-refractivity contribution in [2.75, 3.05) is 0 Å². The number of primary amides is 1. The summed E-state index contributed by atoms with van der Waals surface area (Å²) >= 11 is 0. The molecule has 4 amide bonds. The van der Waals surface area contributed by atoms with Crippen LogP contribution in [0.4, 0.5) is 0 Å². The summed E-state index contributed by atoms with van der Waals surface area (Å²) in [7, 11) is 0. The highest BCUT2D eigenvalue weighted by molar-refractivity contribution is 5.94. The summed E-state index contributed by atoms with van der Waals surface area (Å²) in [6.07, 6.45) is 4.38. The van der Waals surface area contributed by atoms with Crippen LogP contribution < -0.4 is 27.4 Å². The zero-order chi connectivity index (χ0) is 28.5. The topological polar surface area (TPSA) is 238 Å². The standard InChI is InChI=1S/C25H32N8O6/c1-13(22(35)33-20(25(38)39)9-15-11-28-12-30-15)31-24(37)19(6-7-21(27)34)32-23(36)17(26)8-14-10-29-18-5-3-2-4-16(14)18/h2-5,10-13,17,19-20,29H,6-9,26H2,1H3,(H2,27,34)(H,28,30)(H,31,37)(H,32,36)(H,33,35)(H,38,39). The number of carboxylic acids is 1. The van der Waals surface area contributed by atoms with Gasteiger partial charge in [0.2, 0.25) is 23.6 Å². The first kappa shape index (κ1) is 28.8. The third-order valence-corrected chi connectivity index (χ3v) is 6.11. The first-order valence-corrected chi connectivity index (χ1v) is 12.2. The number of para-hydroxylation sites is 1. The number of hydrogen-bond acceptors (Lipinski definition) is 7. The highest BCUT2D eigenvalue weighted by Gasteiger charge is 2.29. The van der Waals surface area contributed by atoms with Crippen molar-refractivity contribution in [1.82, 2.24) is 30.9 Å². The number of carbonyl (C=O) groups excluding carboxylic acids is 4. The molecule has 39 heavy (non-hydrogen) atoms. The van der Waals surface area contributed by atoms with Gasteiger partial charge in [-0.05, 0) is 31.4 Å². The lowest BCUT2D eigenvalue weighted by molar-refractivity contribution is -0.142. The summed E-state index contributed by atoms with van der Waals surface area (Å²) in [6, 6.07) is 2.87. The van der Waals surface area contributed by atoms with Gasteiger partial charge in [-0.15, -0.1) is 0 Å². The van der Waals surface area contributed by atoms with E-state index in [9.17, 15) is 29.1 Å². The van der Waals surface area contributed by atoms with Crippen LogP contribution in [-0.4, -0.2) is 73.8 Å². The molecule has 0 bridgehead atoms. The molecular weight excluding hydrogens is 508 g/mol. The number of aromatic nitrogens is 3. The Balaban J connectivity index is 1.61. The van der Waals surface area contributed by atoms with E-state index in [0.29, 0.717) is 5.69 Å². The average molecular weight is 541 g/mol. The van der Waals surface area contributed by atoms with Crippen LogP contribution >= 0.6 is 0 Å². The fourth-order valence-corrected chi connectivity index (χ4v) is 3.96. The molecule has 0 aliphatic carbocycles. The molecule has 0 saturated carbocycles. The first-order chi connectivity index (χ1) is 18.5. The van der Waals surface area contributed by atoms with E-state index in [4.69, 9.17) is 11.5 Å². The molecule has 4 unspecified atom stereocenters. The van der Waals surface area contributed by atoms with E-state index in [1.54, 1.807) is 6.20 Å². The largest absolute Gasteiger partial charge is 0.480 e. The second-order valence-corrected chi connectivity index (χ2v) is 9.15. The number of amides is 4. The quantitative estimate of drug-likeness (QED) is 0.124. The summed E-state index contributed by atoms with van der Waals surface area (Å²) in [5, 5.41) is 17.7. The Labute approximate surface area is 223 Å². The van der Waals surface area contributed by atoms with Gasteiger partial charge in [-0.25, -0.2) is 9.78 Å². The summed E-state index contributed by atoms with van der Waals surface area (Å²) in [5.41, 5.74) is 13.5. The number of imidazole rings is 1. The third kappa shape index (κ3) is 8.13. The van der Waals surface area contributed by atoms with Gasteiger partial charge in [0.05, 0.1) is 12.4 Å². The maximum absolute atomic E-state index is 13.0. The van der Waals surface area contributed by atoms with Crippen molar-refractivity contribution < 1.29 is 29.1 Å². The molecule has 14 heteroatoms. The number of nitrogens with zero attached hydrogens (tertiary/aromatic N) is 1. The molecule has 0 fully saturated rings. The molecule has 3 aromatic rings. The van der Waals surface area contributed by atoms with E-state index in [1.165, 1.54) is 19.4 Å². The van der Waals surface area contributed by atoms with Crippen LogP contribution in [0.15, 0.2) is 43.0 Å². The second-order valence-electron chi connectivity index (χ2n) is 9.15. The fraction of sp³-hybridized carbons (Fsp3) is 0.360. The van der Waals surface area contributed by atoms with Gasteiger partial charge in [0.25, 0.3) is 0 Å². The summed E-state index contributed by atoms with van der Waals surface area (Å²) in [6.45, 7) is 1.36. The van der Waals surface area contributed by atoms with Crippen molar-refractivity contribution in [2.24, 2.45) is 11.5 Å². The molecule has 208 valence electrons. The third-order valence-electron chi connectivity index (χ3n) is 6.11. The molecule has 0 aliphatic heterocycles. The zero-order valence-corrected chi connectivity index (χ0v) is 21.3. The molecule has 0 spiro atoms. The molecule has 0 saturated heterocycles. The number of fused-ring (bicyclic) bond motifs is 1. The maximum Gasteiger partial charge on any atom is 0.326 e. The van der Waals surface area contributed by atoms with Gasteiger partial charge in [0.15, 0.2) is 0 Å². The lowest BCUT2D eigenvalue weighted by Crippen LogP contribution is -2.56. The Hall–Kier alpha value is -4.72. The van der Waals surface area contributed by atoms with Crippen LogP contribution in [0.1, 0.15) is 31.0 Å². The molecule has 4 atom stereocenters. The molecule has 2 aromatic heterocycles. The van der Waals surface area contributed by atoms with E-state index >= 15 is 0 Å². The molecule has 10 N–H and O–H groups in total. The van der Waals surface area contributed by atoms with Gasteiger partial charge in [0.1, 0.15) is 18.1 Å². The average Bonchev–Trinajstić information content (AvgIpc) is 3.55. The lowest BCUT2D eigenvalue weighted by Gasteiger charge is -2.23. The van der Waals surface area contributed by atoms with Crippen molar-refractivity contribution in [3.05, 3.63) is 54.2 Å². The predicted molar refractivity (Wildman–Crippen MR) is 140 cm³/mol. The second kappa shape index (κ2) is 13.2. The Bertz CT molecular complexity index is 1320. The lowest BCUT2D eigenvalue weighted by atomic mass is 10.0. The summed E-state index contributed by atoms with van der Waals surface area (Å²) < 4.78 is 0. The van der Waals surface area contributed by atoms with Gasteiger partial charge in [-0.1, -0.05) is 18.2 Å². The molecule has 2 heterocycles. The van der Waals surface area contributed by atoms with Gasteiger partial charge in [-0.3, -0.25) is 19.2 Å². The number of H-pyrrole nitrogens is 2. The Morgan fingerprint density at radius 3 is 2.36 bits per heavy atom. The van der Waals surface area contributed by atoms with Gasteiger partial charge in [-0.2, -0.15) is 0 Å². The van der Waals surface area contributed by atoms with E-state index in [1.807, 2.05) is 24.3 Å². The summed E-state index contributed by atoms with van der Waals surface area (Å²) in [5.74, 6) is -4.10. The minimum atomic E-state index is -1.27. The normalized spacial score (nSPS) is 14.1. The van der Waals surface area contributed by atoms with Crippen LogP contribution in [0.3, 0.4) is 0 Å². The van der Waals surface area contributed by atoms with Gasteiger partial charge < -0.3 is 42.5 Å². The predicted octanol–water partition coefficient (Wildman–Crippen LogP) is -1.17. The minimum absolute atomic E-state index is 0.0483. The Morgan fingerprint density at radius 1 is 0.974 bits per heavy atom. The Morgan fingerprint density at radius 2 is 1.69 bits per heavy atom. The highest BCUT2D eigenvalue weighted by Crippen LogP contribution is 2.18. The van der Waals surface area contributed by atoms with Crippen LogP contribution in [0.25, 0.3) is 10.9 Å². The van der Waals surface area contributed by atoms with Gasteiger partial charge in [0, 0.05) is 41.8 Å². The number of carbonyl (C=O) groups is 5. The van der Waals surface area contributed by atoms with E-state index in [-0.39, 0.29) is 25.7 Å². The van der Waals surface area contributed by atoms with Crippen LogP contribution in [0.5, 0.6) is 0 Å². The first-order valence-electron chi connectivity index (χ1n) is 12.2. The highest BCUT2D eigenvalue weighted by atomic mass is 16.4. The van der Waals surface area contributed by atoms with Crippen molar-refractivity contribution in [1.29, 1.82) is 0 Å². The zero-order valence-electron chi connectivity index (χ0n) is 21.3. The van der Waals surface area contributed by atoms with Crippen molar-refractivity contribution in [2.45, 2.75) is 56.8 Å². The van der Waals surface area contributed by atoms with Crippen molar-refractivity contribution >= 4 is 40.5 Å². The number of carboxylic acid groups (broad SMARTS) is 1. The number of rotatable bonds is 14. The van der Waals surface area contributed by atoms with Crippen LogP contribution in [0.2, 0.25) is 0 Å². The molecule has 1 aromatic carbocycles. The SMILES string of the molecule is CC(NC(=O)C(CCC(N)=O)NC(=O)C(N)Cc1c[nH]c2ccccc12)C(=O)NC(Cc1cnc[nH]1)C(=O)O. The molecule has 0 radical (unpaired) electrons. The molecule has 14 nitrogen and oxygen atoms in total. The smallest absolute Gasteiger partial charge is 0.326 e. The number of nitrogens with two attached hydrogens (primary N) is 2. The number of nitrogens with one attached hydrogen (secondary N) is 5. The number of benzene rings is 1. The monoisotopic (exact) mass is 540 g/mol. The summed E-state index contributed by atoms with van der Waals surface area (Å²) in [4.78, 5) is 71.1. The van der Waals surface area contributed by atoms with Crippen LogP contribution in [0, 0.1) is 0 Å². The van der Waals surface area contributed by atoms with Crippen LogP contribution in [-0.2, 0) is 36.8 Å². The van der Waals surface area contributed by atoms with Crippen molar-refractivity contribution in [3.8, 4) is 0 Å². The number of hydrogen-bond donors (Lipinski definition) is 8. The van der Waals surface area contributed by atoms with Gasteiger partial charge >= 0.3 is 5.97 Å². The van der Waals surface area contributed by atoms with E-state index in [2.05, 4.69) is 30.9 Å². The maximum atomic E-state index is 13.0. The van der Waals surface area contributed by atoms with E-state index in [0.717, 1.165) is 16.5 Å². The number of aromatic amines is 2. The number of aliphatic carboxylic acids is 1. The molecule has 0 aliphatic rings. The molecule has 3 rings (SSSR count). The molecular formula is C25H32N8O6. The van der Waals surface area contributed by atoms with E-state index < -0.39 is 53.8 Å².